The van der Waals surface area contributed by atoms with Gasteiger partial charge in [-0.3, -0.25) is 0 Å². The second-order valence-corrected chi connectivity index (χ2v) is 3.50. The number of hydrogen-bond donors (Lipinski definition) is 1. The minimum atomic E-state index is 0.605. The molecule has 68 valence electrons. The molecule has 1 unspecified atom stereocenters. The number of nitrogens with one attached hydrogen (secondary N) is 1. The molecule has 0 amide bonds. The first-order valence-electron chi connectivity index (χ1n) is 5.06. The summed E-state index contributed by atoms with van der Waals surface area (Å²) < 4.78 is 0. The second kappa shape index (κ2) is 6.08. The van der Waals surface area contributed by atoms with Gasteiger partial charge in [0.15, 0.2) is 0 Å². The summed E-state index contributed by atoms with van der Waals surface area (Å²) in [7, 11) is 0. The Labute approximate surface area is 75.9 Å². The van der Waals surface area contributed by atoms with Crippen molar-refractivity contribution >= 4 is 0 Å². The maximum Gasteiger partial charge on any atom is 0.0327 e. The second-order valence-electron chi connectivity index (χ2n) is 3.50. The van der Waals surface area contributed by atoms with Crippen LogP contribution in [-0.4, -0.2) is 13.1 Å². The van der Waals surface area contributed by atoms with E-state index in [1.165, 1.54) is 38.6 Å². The molecule has 0 saturated carbocycles. The molecule has 1 heterocycles. The lowest BCUT2D eigenvalue weighted by Crippen LogP contribution is -2.22. The van der Waals surface area contributed by atoms with Gasteiger partial charge < -0.3 is 5.32 Å². The predicted molar refractivity (Wildman–Crippen MR) is 52.9 cm³/mol. The fraction of sp³-hybridized carbons (Fsp3) is 0.818. The van der Waals surface area contributed by atoms with Crippen molar-refractivity contribution < 1.29 is 0 Å². The van der Waals surface area contributed by atoms with Crippen LogP contribution in [0.25, 0.3) is 0 Å². The summed E-state index contributed by atoms with van der Waals surface area (Å²) >= 11 is 0. The van der Waals surface area contributed by atoms with Gasteiger partial charge in [-0.1, -0.05) is 25.2 Å². The van der Waals surface area contributed by atoms with E-state index in [0.29, 0.717) is 5.92 Å². The highest BCUT2D eigenvalue weighted by atomic mass is 14.8. The monoisotopic (exact) mass is 165 g/mol. The molecule has 0 aliphatic carbocycles. The Morgan fingerprint density at radius 3 is 2.83 bits per heavy atom. The molecule has 1 N–H and O–H groups in total. The molecule has 0 aromatic heterocycles. The molecule has 1 saturated heterocycles. The minimum absolute atomic E-state index is 0.605. The van der Waals surface area contributed by atoms with Gasteiger partial charge in [0, 0.05) is 12.5 Å². The SMILES string of the molecule is CC#CC1CCCCCCNC1. The van der Waals surface area contributed by atoms with Gasteiger partial charge in [-0.2, -0.15) is 0 Å². The quantitative estimate of drug-likeness (QED) is 0.542. The van der Waals surface area contributed by atoms with Gasteiger partial charge >= 0.3 is 0 Å². The molecule has 0 spiro atoms. The molecular formula is C11H19N. The van der Waals surface area contributed by atoms with E-state index >= 15 is 0 Å². The topological polar surface area (TPSA) is 12.0 Å². The maximum atomic E-state index is 3.46. The zero-order chi connectivity index (χ0) is 8.65. The Balaban J connectivity index is 2.31. The van der Waals surface area contributed by atoms with Crippen molar-refractivity contribution in [1.82, 2.24) is 5.32 Å². The van der Waals surface area contributed by atoms with Crippen LogP contribution in [0.5, 0.6) is 0 Å². The molecule has 0 aromatic rings. The van der Waals surface area contributed by atoms with E-state index in [-0.39, 0.29) is 0 Å². The third kappa shape index (κ3) is 3.78. The lowest BCUT2D eigenvalue weighted by Gasteiger charge is -2.08. The summed E-state index contributed by atoms with van der Waals surface area (Å²) in [6.45, 7) is 4.22. The molecule has 1 aliphatic heterocycles. The third-order valence-corrected chi connectivity index (χ3v) is 2.40. The number of hydrogen-bond acceptors (Lipinski definition) is 1. The highest BCUT2D eigenvalue weighted by Crippen LogP contribution is 2.11. The van der Waals surface area contributed by atoms with Gasteiger partial charge in [0.05, 0.1) is 0 Å². The normalized spacial score (nSPS) is 25.9. The molecule has 1 nitrogen and oxygen atoms in total. The van der Waals surface area contributed by atoms with Crippen LogP contribution in [0.2, 0.25) is 0 Å². The van der Waals surface area contributed by atoms with Crippen LogP contribution in [0, 0.1) is 17.8 Å². The van der Waals surface area contributed by atoms with Crippen molar-refractivity contribution in [2.45, 2.75) is 39.0 Å². The molecule has 1 fully saturated rings. The zero-order valence-electron chi connectivity index (χ0n) is 8.03. The molecule has 0 aromatic carbocycles. The first-order valence-corrected chi connectivity index (χ1v) is 5.06. The molecule has 12 heavy (non-hydrogen) atoms. The van der Waals surface area contributed by atoms with E-state index in [9.17, 15) is 0 Å². The highest BCUT2D eigenvalue weighted by molar-refractivity contribution is 5.01. The first kappa shape index (κ1) is 9.61. The van der Waals surface area contributed by atoms with Gasteiger partial charge in [-0.05, 0) is 26.3 Å². The van der Waals surface area contributed by atoms with Crippen molar-refractivity contribution in [3.63, 3.8) is 0 Å². The fourth-order valence-electron chi connectivity index (χ4n) is 1.70. The van der Waals surface area contributed by atoms with E-state index in [4.69, 9.17) is 0 Å². The molecule has 1 aliphatic rings. The summed E-state index contributed by atoms with van der Waals surface area (Å²) in [5.74, 6) is 6.89. The van der Waals surface area contributed by atoms with Gasteiger partial charge in [0.2, 0.25) is 0 Å². The lowest BCUT2D eigenvalue weighted by molar-refractivity contribution is 0.540. The van der Waals surface area contributed by atoms with Crippen LogP contribution in [0.15, 0.2) is 0 Å². The number of rotatable bonds is 0. The third-order valence-electron chi connectivity index (χ3n) is 2.40. The Bertz CT molecular complexity index is 154. The summed E-state index contributed by atoms with van der Waals surface area (Å²) in [4.78, 5) is 0. The summed E-state index contributed by atoms with van der Waals surface area (Å²) in [6.07, 6.45) is 6.77. The van der Waals surface area contributed by atoms with Crippen LogP contribution in [0.1, 0.15) is 39.0 Å². The molecule has 0 radical (unpaired) electrons. The van der Waals surface area contributed by atoms with Crippen LogP contribution >= 0.6 is 0 Å². The van der Waals surface area contributed by atoms with Gasteiger partial charge in [0.1, 0.15) is 0 Å². The van der Waals surface area contributed by atoms with Crippen LogP contribution < -0.4 is 5.32 Å². The zero-order valence-corrected chi connectivity index (χ0v) is 8.03. The molecule has 1 atom stereocenters. The van der Waals surface area contributed by atoms with Crippen molar-refractivity contribution in [1.29, 1.82) is 0 Å². The summed E-state index contributed by atoms with van der Waals surface area (Å²) in [5, 5.41) is 3.46. The van der Waals surface area contributed by atoms with Gasteiger partial charge in [-0.25, -0.2) is 0 Å². The van der Waals surface area contributed by atoms with Crippen LogP contribution in [0.3, 0.4) is 0 Å². The average Bonchev–Trinajstić information content (AvgIpc) is 2.19. The lowest BCUT2D eigenvalue weighted by atomic mass is 10.0. The van der Waals surface area contributed by atoms with Crippen molar-refractivity contribution in [2.24, 2.45) is 5.92 Å². The Morgan fingerprint density at radius 2 is 2.00 bits per heavy atom. The van der Waals surface area contributed by atoms with Gasteiger partial charge in [0.25, 0.3) is 0 Å². The van der Waals surface area contributed by atoms with Crippen molar-refractivity contribution in [3.8, 4) is 11.8 Å². The largest absolute Gasteiger partial charge is 0.316 e. The van der Waals surface area contributed by atoms with E-state index < -0.39 is 0 Å². The Hall–Kier alpha value is -0.480. The molecule has 1 rings (SSSR count). The molecular weight excluding hydrogens is 146 g/mol. The van der Waals surface area contributed by atoms with E-state index in [1.54, 1.807) is 0 Å². The summed E-state index contributed by atoms with van der Waals surface area (Å²) in [5.41, 5.74) is 0. The van der Waals surface area contributed by atoms with Gasteiger partial charge in [-0.15, -0.1) is 5.92 Å². The maximum absolute atomic E-state index is 3.46. The Morgan fingerprint density at radius 1 is 1.17 bits per heavy atom. The van der Waals surface area contributed by atoms with Crippen LogP contribution in [0.4, 0.5) is 0 Å². The average molecular weight is 165 g/mol. The minimum Gasteiger partial charge on any atom is -0.316 e. The first-order chi connectivity index (χ1) is 5.93. The predicted octanol–water partition coefficient (Wildman–Crippen LogP) is 2.18. The Kier molecular flexibility index (Phi) is 4.87. The summed E-state index contributed by atoms with van der Waals surface area (Å²) in [6, 6.07) is 0. The van der Waals surface area contributed by atoms with Crippen molar-refractivity contribution in [2.75, 3.05) is 13.1 Å². The fourth-order valence-corrected chi connectivity index (χ4v) is 1.70. The molecule has 1 heteroatoms. The van der Waals surface area contributed by atoms with E-state index in [1.807, 2.05) is 6.92 Å². The van der Waals surface area contributed by atoms with E-state index in [2.05, 4.69) is 17.2 Å². The molecule has 0 bridgehead atoms. The standard InChI is InChI=1S/C11H19N/c1-2-7-11-8-5-3-4-6-9-12-10-11/h11-12H,3-6,8-10H2,1H3. The van der Waals surface area contributed by atoms with E-state index in [0.717, 1.165) is 6.54 Å². The van der Waals surface area contributed by atoms with Crippen LogP contribution in [-0.2, 0) is 0 Å². The van der Waals surface area contributed by atoms with Crippen molar-refractivity contribution in [3.05, 3.63) is 0 Å². The smallest absolute Gasteiger partial charge is 0.0327 e. The highest BCUT2D eigenvalue weighted by Gasteiger charge is 2.06.